The number of rotatable bonds is 1. The quantitative estimate of drug-likeness (QED) is 0.414. The van der Waals surface area contributed by atoms with Crippen LogP contribution in [0.15, 0.2) is 0 Å². The van der Waals surface area contributed by atoms with Crippen molar-refractivity contribution in [3.63, 3.8) is 0 Å². The van der Waals surface area contributed by atoms with Crippen molar-refractivity contribution in [2.75, 3.05) is 0 Å². The summed E-state index contributed by atoms with van der Waals surface area (Å²) in [4.78, 5) is 0. The predicted molar refractivity (Wildman–Crippen MR) is 125 cm³/mol. The molecule has 29 heavy (non-hydrogen) atoms. The highest BCUT2D eigenvalue weighted by Crippen LogP contribution is 2.75. The third-order valence-corrected chi connectivity index (χ3v) is 13.0. The molecule has 0 aliphatic heterocycles. The molecule has 5 aliphatic rings. The molecule has 5 fully saturated rings. The molecule has 5 rings (SSSR count). The molecule has 0 radical (unpaired) electrons. The Morgan fingerprint density at radius 2 is 1.31 bits per heavy atom. The third-order valence-electron chi connectivity index (χ3n) is 13.0. The van der Waals surface area contributed by atoms with E-state index in [1.165, 1.54) is 51.4 Å². The molecule has 0 nitrogen and oxygen atoms in total. The number of hydrogen-bond acceptors (Lipinski definition) is 0. The normalized spacial score (nSPS) is 56.3. The number of fused-ring (bicyclic) bond motifs is 7. The Kier molecular flexibility index (Phi) is 4.69. The van der Waals surface area contributed by atoms with E-state index < -0.39 is 0 Å². The van der Waals surface area contributed by atoms with Crippen LogP contribution in [0.3, 0.4) is 0 Å². The van der Waals surface area contributed by atoms with Crippen molar-refractivity contribution >= 4 is 0 Å². The van der Waals surface area contributed by atoms with Gasteiger partial charge in [-0.15, -0.1) is 0 Å². The molecular weight excluding hydrogens is 348 g/mol. The van der Waals surface area contributed by atoms with Gasteiger partial charge in [-0.05, 0) is 127 Å². The molecule has 0 aromatic heterocycles. The topological polar surface area (TPSA) is 0 Å². The molecule has 0 heterocycles. The summed E-state index contributed by atoms with van der Waals surface area (Å²) in [5, 5.41) is 0. The first-order valence-electron chi connectivity index (χ1n) is 13.5. The van der Waals surface area contributed by atoms with E-state index in [9.17, 15) is 0 Å². The second kappa shape index (κ2) is 6.51. The third kappa shape index (κ3) is 2.62. The summed E-state index contributed by atoms with van der Waals surface area (Å²) in [6, 6.07) is 0. The van der Waals surface area contributed by atoms with Gasteiger partial charge in [0.1, 0.15) is 0 Å². The molecule has 0 N–H and O–H groups in total. The van der Waals surface area contributed by atoms with Crippen LogP contribution < -0.4 is 0 Å². The first kappa shape index (κ1) is 20.9. The molecular formula is C29H50. The Labute approximate surface area is 182 Å². The molecule has 0 unspecified atom stereocenters. The van der Waals surface area contributed by atoms with Gasteiger partial charge in [0.15, 0.2) is 0 Å². The molecule has 0 bridgehead atoms. The molecule has 0 aromatic carbocycles. The van der Waals surface area contributed by atoms with Gasteiger partial charge in [0.25, 0.3) is 0 Å². The van der Waals surface area contributed by atoms with Crippen molar-refractivity contribution in [3.05, 3.63) is 0 Å². The van der Waals surface area contributed by atoms with E-state index in [0.717, 1.165) is 41.4 Å². The van der Waals surface area contributed by atoms with Gasteiger partial charge >= 0.3 is 0 Å². The van der Waals surface area contributed by atoms with Crippen molar-refractivity contribution in [2.45, 2.75) is 119 Å². The lowest BCUT2D eigenvalue weighted by molar-refractivity contribution is -0.216. The molecule has 166 valence electrons. The van der Waals surface area contributed by atoms with E-state index in [1.807, 2.05) is 0 Å². The lowest BCUT2D eigenvalue weighted by Crippen LogP contribution is -2.63. The number of hydrogen-bond donors (Lipinski definition) is 0. The van der Waals surface area contributed by atoms with Crippen molar-refractivity contribution in [1.82, 2.24) is 0 Å². The van der Waals surface area contributed by atoms with Crippen LogP contribution in [0.1, 0.15) is 119 Å². The van der Waals surface area contributed by atoms with Gasteiger partial charge in [0, 0.05) is 0 Å². The van der Waals surface area contributed by atoms with Crippen LogP contribution in [0.4, 0.5) is 0 Å². The van der Waals surface area contributed by atoms with Crippen LogP contribution in [0.5, 0.6) is 0 Å². The maximum absolute atomic E-state index is 2.81. The molecule has 5 saturated carbocycles. The summed E-state index contributed by atoms with van der Waals surface area (Å²) in [5.41, 5.74) is 2.44. The maximum Gasteiger partial charge on any atom is -0.0235 e. The van der Waals surface area contributed by atoms with E-state index in [0.29, 0.717) is 21.7 Å². The Hall–Kier alpha value is 0. The van der Waals surface area contributed by atoms with Crippen LogP contribution in [0.25, 0.3) is 0 Å². The van der Waals surface area contributed by atoms with Gasteiger partial charge in [-0.25, -0.2) is 0 Å². The maximum atomic E-state index is 2.81. The van der Waals surface area contributed by atoms with E-state index >= 15 is 0 Å². The Morgan fingerprint density at radius 1 is 0.621 bits per heavy atom. The minimum Gasteiger partial charge on any atom is -0.0625 e. The average Bonchev–Trinajstić information content (AvgIpc) is 2.99. The molecule has 9 atom stereocenters. The molecule has 0 aromatic rings. The summed E-state index contributed by atoms with van der Waals surface area (Å²) in [6.45, 7) is 18.6. The van der Waals surface area contributed by atoms with Crippen molar-refractivity contribution in [2.24, 2.45) is 63.1 Å². The average molecular weight is 399 g/mol. The van der Waals surface area contributed by atoms with Crippen LogP contribution in [-0.4, -0.2) is 0 Å². The van der Waals surface area contributed by atoms with Crippen molar-refractivity contribution in [1.29, 1.82) is 0 Å². The van der Waals surface area contributed by atoms with E-state index in [-0.39, 0.29) is 0 Å². The lowest BCUT2D eigenvalue weighted by atomic mass is 9.34. The zero-order valence-electron chi connectivity index (χ0n) is 20.8. The zero-order chi connectivity index (χ0) is 20.8. The molecule has 0 saturated heterocycles. The van der Waals surface area contributed by atoms with E-state index in [2.05, 4.69) is 48.5 Å². The van der Waals surface area contributed by atoms with Gasteiger partial charge < -0.3 is 0 Å². The fourth-order valence-electron chi connectivity index (χ4n) is 11.4. The van der Waals surface area contributed by atoms with Gasteiger partial charge in [0.05, 0.1) is 0 Å². The highest BCUT2D eigenvalue weighted by Gasteiger charge is 2.68. The smallest absolute Gasteiger partial charge is 0.0235 e. The SMILES string of the molecule is CC(C)[C@H]1CC[C@@]2(C)[C@@H]1CC[C@]1(C)[C@@H]2CC[C@@H]2[C@H]3CCCC(C)(C)[C@@H]3CC[C@]21C. The standard InChI is InChI=1S/C29H50/c1-19(2)20-12-16-27(5)23(20)14-18-29(7)25(27)11-10-24-21-9-8-15-26(3,4)22(21)13-17-28(24,29)6/h19-25H,8-18H2,1-7H3/t20-,21+,22-,23-,24-,25-,27+,28-,29-/m1/s1. The first-order valence-corrected chi connectivity index (χ1v) is 13.5. The summed E-state index contributed by atoms with van der Waals surface area (Å²) in [6.07, 6.45) is 16.8. The summed E-state index contributed by atoms with van der Waals surface area (Å²) in [5.74, 6) is 6.97. The zero-order valence-corrected chi connectivity index (χ0v) is 20.8. The Balaban J connectivity index is 1.48. The molecule has 5 aliphatic carbocycles. The van der Waals surface area contributed by atoms with Crippen LogP contribution in [-0.2, 0) is 0 Å². The van der Waals surface area contributed by atoms with Gasteiger partial charge in [-0.1, -0.05) is 54.9 Å². The highest BCUT2D eigenvalue weighted by atomic mass is 14.7. The van der Waals surface area contributed by atoms with Crippen molar-refractivity contribution in [3.8, 4) is 0 Å². The minimum atomic E-state index is 0.597. The monoisotopic (exact) mass is 398 g/mol. The predicted octanol–water partition coefficient (Wildman–Crippen LogP) is 8.74. The Bertz CT molecular complexity index is 644. The van der Waals surface area contributed by atoms with Gasteiger partial charge in [-0.2, -0.15) is 0 Å². The molecule has 0 amide bonds. The van der Waals surface area contributed by atoms with Gasteiger partial charge in [0.2, 0.25) is 0 Å². The van der Waals surface area contributed by atoms with Crippen molar-refractivity contribution < 1.29 is 0 Å². The summed E-state index contributed by atoms with van der Waals surface area (Å²) in [7, 11) is 0. The summed E-state index contributed by atoms with van der Waals surface area (Å²) >= 11 is 0. The minimum absolute atomic E-state index is 0.597. The van der Waals surface area contributed by atoms with Crippen LogP contribution in [0, 0.1) is 63.1 Å². The second-order valence-electron chi connectivity index (χ2n) is 14.4. The summed E-state index contributed by atoms with van der Waals surface area (Å²) < 4.78 is 0. The van der Waals surface area contributed by atoms with E-state index in [4.69, 9.17) is 0 Å². The van der Waals surface area contributed by atoms with Crippen LogP contribution in [0.2, 0.25) is 0 Å². The fraction of sp³-hybridized carbons (Fsp3) is 1.00. The largest absolute Gasteiger partial charge is 0.0625 e. The molecule has 0 heteroatoms. The second-order valence-corrected chi connectivity index (χ2v) is 14.4. The van der Waals surface area contributed by atoms with Crippen LogP contribution >= 0.6 is 0 Å². The Morgan fingerprint density at radius 3 is 2.03 bits per heavy atom. The lowest BCUT2D eigenvalue weighted by Gasteiger charge is -2.70. The van der Waals surface area contributed by atoms with Gasteiger partial charge in [-0.3, -0.25) is 0 Å². The fourth-order valence-corrected chi connectivity index (χ4v) is 11.4. The molecule has 0 spiro atoms. The highest BCUT2D eigenvalue weighted by molar-refractivity contribution is 5.16. The van der Waals surface area contributed by atoms with E-state index in [1.54, 1.807) is 19.3 Å². The first-order chi connectivity index (χ1) is 13.5.